The molecule has 1 aromatic carbocycles. The molecule has 1 aromatic rings. The number of benzene rings is 1. The van der Waals surface area contributed by atoms with Crippen molar-refractivity contribution in [3.05, 3.63) is 35.9 Å². The highest BCUT2D eigenvalue weighted by Gasteiger charge is 2.18. The predicted octanol–water partition coefficient (Wildman–Crippen LogP) is 2.06. The van der Waals surface area contributed by atoms with Gasteiger partial charge in [-0.25, -0.2) is 0 Å². The zero-order valence-corrected chi connectivity index (χ0v) is 11.3. The molecule has 0 amide bonds. The molecule has 0 aromatic heterocycles. The zero-order valence-electron chi connectivity index (χ0n) is 11.3. The van der Waals surface area contributed by atoms with E-state index in [9.17, 15) is 0 Å². The molecule has 0 bridgehead atoms. The van der Waals surface area contributed by atoms with Crippen molar-refractivity contribution in [2.45, 2.75) is 18.9 Å². The van der Waals surface area contributed by atoms with Gasteiger partial charge in [-0.15, -0.1) is 0 Å². The summed E-state index contributed by atoms with van der Waals surface area (Å²) in [6, 6.07) is 11.1. The molecule has 1 aliphatic rings. The Kier molecular flexibility index (Phi) is 5.65. The van der Waals surface area contributed by atoms with E-state index in [1.807, 2.05) is 0 Å². The lowest BCUT2D eigenvalue weighted by Crippen LogP contribution is -2.35. The third-order valence-electron chi connectivity index (χ3n) is 3.54. The van der Waals surface area contributed by atoms with Gasteiger partial charge in [-0.1, -0.05) is 30.3 Å². The third kappa shape index (κ3) is 4.09. The van der Waals surface area contributed by atoms with Gasteiger partial charge in [0.25, 0.3) is 0 Å². The molecule has 0 aliphatic carbocycles. The fourth-order valence-corrected chi connectivity index (χ4v) is 2.53. The minimum Gasteiger partial charge on any atom is -0.383 e. The van der Waals surface area contributed by atoms with Crippen LogP contribution in [-0.2, 0) is 4.74 Å². The van der Waals surface area contributed by atoms with E-state index in [2.05, 4.69) is 40.5 Å². The van der Waals surface area contributed by atoms with Crippen molar-refractivity contribution in [1.82, 2.24) is 10.2 Å². The van der Waals surface area contributed by atoms with Crippen LogP contribution in [0, 0.1) is 0 Å². The Labute approximate surface area is 110 Å². The summed E-state index contributed by atoms with van der Waals surface area (Å²) in [7, 11) is 1.75. The van der Waals surface area contributed by atoms with E-state index in [1.165, 1.54) is 31.5 Å². The third-order valence-corrected chi connectivity index (χ3v) is 3.54. The van der Waals surface area contributed by atoms with Gasteiger partial charge in [0.2, 0.25) is 0 Å². The number of ether oxygens (including phenoxy) is 1. The summed E-state index contributed by atoms with van der Waals surface area (Å²) >= 11 is 0. The van der Waals surface area contributed by atoms with Crippen LogP contribution in [0.2, 0.25) is 0 Å². The van der Waals surface area contributed by atoms with Crippen molar-refractivity contribution in [1.29, 1.82) is 0 Å². The first-order valence-corrected chi connectivity index (χ1v) is 6.90. The summed E-state index contributed by atoms with van der Waals surface area (Å²) in [5.41, 5.74) is 1.38. The van der Waals surface area contributed by atoms with Crippen molar-refractivity contribution in [3.63, 3.8) is 0 Å². The van der Waals surface area contributed by atoms with Gasteiger partial charge in [0, 0.05) is 26.2 Å². The molecule has 1 atom stereocenters. The minimum atomic E-state index is 0.416. The molecule has 0 spiro atoms. The number of nitrogens with one attached hydrogen (secondary N) is 1. The van der Waals surface area contributed by atoms with Gasteiger partial charge in [0.15, 0.2) is 0 Å². The lowest BCUT2D eigenvalue weighted by Gasteiger charge is -2.25. The summed E-state index contributed by atoms with van der Waals surface area (Å²) in [4.78, 5) is 2.55. The topological polar surface area (TPSA) is 24.5 Å². The quantitative estimate of drug-likeness (QED) is 0.748. The number of rotatable bonds is 7. The summed E-state index contributed by atoms with van der Waals surface area (Å²) in [5.74, 6) is 0. The van der Waals surface area contributed by atoms with E-state index in [0.717, 1.165) is 19.7 Å². The van der Waals surface area contributed by atoms with Crippen LogP contribution in [0.3, 0.4) is 0 Å². The van der Waals surface area contributed by atoms with Crippen molar-refractivity contribution in [3.8, 4) is 0 Å². The molecule has 18 heavy (non-hydrogen) atoms. The van der Waals surface area contributed by atoms with Crippen LogP contribution in [0.25, 0.3) is 0 Å². The van der Waals surface area contributed by atoms with Gasteiger partial charge in [-0.3, -0.25) is 0 Å². The molecular weight excluding hydrogens is 224 g/mol. The smallest absolute Gasteiger partial charge is 0.0587 e. The Hall–Kier alpha value is -0.900. The van der Waals surface area contributed by atoms with E-state index in [-0.39, 0.29) is 0 Å². The molecule has 1 saturated heterocycles. The van der Waals surface area contributed by atoms with Crippen LogP contribution in [0.5, 0.6) is 0 Å². The summed E-state index contributed by atoms with van der Waals surface area (Å²) in [6.45, 7) is 5.27. The molecule has 3 heteroatoms. The van der Waals surface area contributed by atoms with Gasteiger partial charge in [-0.2, -0.15) is 0 Å². The molecule has 2 rings (SSSR count). The van der Waals surface area contributed by atoms with Crippen LogP contribution >= 0.6 is 0 Å². The number of nitrogens with zero attached hydrogens (tertiary/aromatic N) is 1. The first-order valence-electron chi connectivity index (χ1n) is 6.90. The fraction of sp³-hybridized carbons (Fsp3) is 0.600. The van der Waals surface area contributed by atoms with Gasteiger partial charge in [0.1, 0.15) is 0 Å². The Morgan fingerprint density at radius 2 is 1.94 bits per heavy atom. The first kappa shape index (κ1) is 13.5. The summed E-state index contributed by atoms with van der Waals surface area (Å²) in [6.07, 6.45) is 2.69. The normalized spacial score (nSPS) is 18.1. The van der Waals surface area contributed by atoms with Crippen molar-refractivity contribution in [2.75, 3.05) is 39.9 Å². The molecule has 1 aliphatic heterocycles. The Bertz CT molecular complexity index is 323. The molecule has 100 valence electrons. The Balaban J connectivity index is 1.93. The SMILES string of the molecule is COCCN[C@@H](CN1CCCC1)c1ccccc1. The van der Waals surface area contributed by atoms with Gasteiger partial charge in [-0.05, 0) is 31.5 Å². The maximum Gasteiger partial charge on any atom is 0.0587 e. The molecule has 1 N–H and O–H groups in total. The van der Waals surface area contributed by atoms with E-state index in [0.29, 0.717) is 6.04 Å². The van der Waals surface area contributed by atoms with E-state index in [1.54, 1.807) is 7.11 Å². The van der Waals surface area contributed by atoms with Gasteiger partial charge < -0.3 is 15.0 Å². The molecule has 1 heterocycles. The van der Waals surface area contributed by atoms with Crippen LogP contribution in [-0.4, -0.2) is 44.8 Å². The second kappa shape index (κ2) is 7.52. The number of likely N-dealkylation sites (tertiary alicyclic amines) is 1. The molecule has 0 radical (unpaired) electrons. The highest BCUT2D eigenvalue weighted by molar-refractivity contribution is 5.19. The van der Waals surface area contributed by atoms with Crippen LogP contribution in [0.4, 0.5) is 0 Å². The average Bonchev–Trinajstić information content (AvgIpc) is 2.92. The lowest BCUT2D eigenvalue weighted by molar-refractivity contribution is 0.190. The number of hydrogen-bond donors (Lipinski definition) is 1. The lowest BCUT2D eigenvalue weighted by atomic mass is 10.1. The predicted molar refractivity (Wildman–Crippen MR) is 74.7 cm³/mol. The van der Waals surface area contributed by atoms with Crippen LogP contribution in [0.15, 0.2) is 30.3 Å². The van der Waals surface area contributed by atoms with E-state index < -0.39 is 0 Å². The number of hydrogen-bond acceptors (Lipinski definition) is 3. The first-order chi connectivity index (χ1) is 8.90. The van der Waals surface area contributed by atoms with Crippen molar-refractivity contribution in [2.24, 2.45) is 0 Å². The fourth-order valence-electron chi connectivity index (χ4n) is 2.53. The highest BCUT2D eigenvalue weighted by atomic mass is 16.5. The van der Waals surface area contributed by atoms with Crippen LogP contribution < -0.4 is 5.32 Å². The summed E-state index contributed by atoms with van der Waals surface area (Å²) in [5, 5.41) is 3.60. The average molecular weight is 248 g/mol. The van der Waals surface area contributed by atoms with Gasteiger partial charge >= 0.3 is 0 Å². The second-order valence-electron chi connectivity index (χ2n) is 4.92. The molecular formula is C15H24N2O. The monoisotopic (exact) mass is 248 g/mol. The van der Waals surface area contributed by atoms with Crippen LogP contribution in [0.1, 0.15) is 24.4 Å². The molecule has 0 saturated carbocycles. The Morgan fingerprint density at radius 3 is 2.61 bits per heavy atom. The number of methoxy groups -OCH3 is 1. The van der Waals surface area contributed by atoms with Gasteiger partial charge in [0.05, 0.1) is 6.61 Å². The second-order valence-corrected chi connectivity index (χ2v) is 4.92. The minimum absolute atomic E-state index is 0.416. The maximum absolute atomic E-state index is 5.12. The maximum atomic E-state index is 5.12. The van der Waals surface area contributed by atoms with Crippen molar-refractivity contribution < 1.29 is 4.74 Å². The van der Waals surface area contributed by atoms with Crippen molar-refractivity contribution >= 4 is 0 Å². The zero-order chi connectivity index (χ0) is 12.6. The van der Waals surface area contributed by atoms with E-state index in [4.69, 9.17) is 4.74 Å². The molecule has 1 fully saturated rings. The standard InChI is InChI=1S/C15H24N2O/c1-18-12-9-16-15(13-17-10-5-6-11-17)14-7-3-2-4-8-14/h2-4,7-8,15-16H,5-6,9-13H2,1H3/t15-/m0/s1. The molecule has 3 nitrogen and oxygen atoms in total. The largest absolute Gasteiger partial charge is 0.383 e. The Morgan fingerprint density at radius 1 is 1.22 bits per heavy atom. The van der Waals surface area contributed by atoms with E-state index >= 15 is 0 Å². The highest BCUT2D eigenvalue weighted by Crippen LogP contribution is 2.17. The summed E-state index contributed by atoms with van der Waals surface area (Å²) < 4.78 is 5.12. The molecule has 0 unspecified atom stereocenters.